The van der Waals surface area contributed by atoms with E-state index in [1.54, 1.807) is 4.90 Å². The highest BCUT2D eigenvalue weighted by molar-refractivity contribution is 5.79. The Morgan fingerprint density at radius 1 is 1.17 bits per heavy atom. The second-order valence-corrected chi connectivity index (χ2v) is 5.82. The van der Waals surface area contributed by atoms with Crippen LogP contribution < -0.4 is 0 Å². The van der Waals surface area contributed by atoms with E-state index >= 15 is 0 Å². The molecule has 7 heteroatoms. The lowest BCUT2D eigenvalue weighted by Gasteiger charge is -2.34. The molecule has 2 saturated heterocycles. The number of carbonyl (C=O) groups is 1. The van der Waals surface area contributed by atoms with Gasteiger partial charge in [-0.3, -0.25) is 4.79 Å². The Hall–Kier alpha value is -1.60. The molecule has 2 atom stereocenters. The predicted octanol–water partition coefficient (Wildman–Crippen LogP) is 2.64. The van der Waals surface area contributed by atoms with E-state index in [9.17, 15) is 18.0 Å². The van der Waals surface area contributed by atoms with Crippen LogP contribution in [0.2, 0.25) is 0 Å². The zero-order chi connectivity index (χ0) is 16.4. The summed E-state index contributed by atoms with van der Waals surface area (Å²) in [5.41, 5.74) is -0.0359. The van der Waals surface area contributed by atoms with Crippen LogP contribution in [0.5, 0.6) is 0 Å². The summed E-state index contributed by atoms with van der Waals surface area (Å²) in [5.74, 6) is -0.0657. The van der Waals surface area contributed by atoms with E-state index in [1.807, 2.05) is 0 Å². The molecule has 2 heterocycles. The van der Waals surface area contributed by atoms with Gasteiger partial charge in [0.25, 0.3) is 0 Å². The van der Waals surface area contributed by atoms with Crippen molar-refractivity contribution in [3.63, 3.8) is 0 Å². The second-order valence-electron chi connectivity index (χ2n) is 5.82. The number of rotatable bonds is 2. The van der Waals surface area contributed by atoms with Crippen molar-refractivity contribution in [2.45, 2.75) is 18.7 Å². The molecule has 0 saturated carbocycles. The number of benzene rings is 1. The first-order chi connectivity index (χ1) is 10.9. The van der Waals surface area contributed by atoms with Gasteiger partial charge in [0.2, 0.25) is 5.91 Å². The van der Waals surface area contributed by atoms with E-state index in [0.29, 0.717) is 38.5 Å². The number of amides is 1. The largest absolute Gasteiger partial charge is 0.416 e. The Bertz CT molecular complexity index is 553. The summed E-state index contributed by atoms with van der Waals surface area (Å²) in [7, 11) is 0. The van der Waals surface area contributed by atoms with E-state index in [0.717, 1.165) is 18.6 Å². The number of alkyl halides is 3. The van der Waals surface area contributed by atoms with Crippen LogP contribution in [-0.2, 0) is 20.4 Å². The Kier molecular flexibility index (Phi) is 4.59. The van der Waals surface area contributed by atoms with Crippen LogP contribution in [0.25, 0.3) is 0 Å². The third-order valence-electron chi connectivity index (χ3n) is 4.27. The fraction of sp³-hybridized carbons (Fsp3) is 0.562. The zero-order valence-corrected chi connectivity index (χ0v) is 12.5. The van der Waals surface area contributed by atoms with Crippen molar-refractivity contribution >= 4 is 5.91 Å². The molecule has 0 radical (unpaired) electrons. The second kappa shape index (κ2) is 6.49. The molecule has 23 heavy (non-hydrogen) atoms. The maximum absolute atomic E-state index is 12.6. The Balaban J connectivity index is 1.67. The van der Waals surface area contributed by atoms with Gasteiger partial charge in [-0.05, 0) is 24.1 Å². The Morgan fingerprint density at radius 2 is 1.91 bits per heavy atom. The van der Waals surface area contributed by atoms with Crippen molar-refractivity contribution in [3.05, 3.63) is 35.4 Å². The highest BCUT2D eigenvalue weighted by atomic mass is 19.4. The average molecular weight is 329 g/mol. The third-order valence-corrected chi connectivity index (χ3v) is 4.27. The molecule has 0 unspecified atom stereocenters. The minimum Gasteiger partial charge on any atom is -0.381 e. The first-order valence-corrected chi connectivity index (χ1v) is 7.60. The Labute approximate surface area is 132 Å². The lowest BCUT2D eigenvalue weighted by molar-refractivity contribution is -0.143. The van der Waals surface area contributed by atoms with Crippen LogP contribution in [-0.4, -0.2) is 43.7 Å². The number of halogens is 3. The lowest BCUT2D eigenvalue weighted by atomic mass is 10.0. The standard InChI is InChI=1S/C16H18F3NO3/c17-16(18,19)13-3-1-11(2-4-13)14-9-20(6-8-23-14)15(21)12-5-7-22-10-12/h1-4,12,14H,5-10H2/t12-,14-/m1/s1. The predicted molar refractivity (Wildman–Crippen MR) is 75.6 cm³/mol. The zero-order valence-electron chi connectivity index (χ0n) is 12.5. The Morgan fingerprint density at radius 3 is 2.52 bits per heavy atom. The number of hydrogen-bond acceptors (Lipinski definition) is 3. The molecule has 4 nitrogen and oxygen atoms in total. The number of morpholine rings is 1. The fourth-order valence-corrected chi connectivity index (χ4v) is 2.93. The van der Waals surface area contributed by atoms with Crippen LogP contribution in [0.1, 0.15) is 23.7 Å². The normalized spacial score (nSPS) is 25.6. The summed E-state index contributed by atoms with van der Waals surface area (Å²) < 4.78 is 48.7. The van der Waals surface area contributed by atoms with Gasteiger partial charge in [-0.2, -0.15) is 13.2 Å². The van der Waals surface area contributed by atoms with Gasteiger partial charge in [-0.1, -0.05) is 12.1 Å². The molecule has 1 aromatic carbocycles. The van der Waals surface area contributed by atoms with Crippen molar-refractivity contribution in [2.24, 2.45) is 5.92 Å². The van der Waals surface area contributed by atoms with Gasteiger partial charge in [0.1, 0.15) is 6.10 Å². The molecule has 0 spiro atoms. The first-order valence-electron chi connectivity index (χ1n) is 7.60. The van der Waals surface area contributed by atoms with Crippen molar-refractivity contribution in [2.75, 3.05) is 32.9 Å². The van der Waals surface area contributed by atoms with Gasteiger partial charge in [0.05, 0.1) is 31.2 Å². The SMILES string of the molecule is O=C([C@@H]1CCOC1)N1CCO[C@@H](c2ccc(C(F)(F)F)cc2)C1. The summed E-state index contributed by atoms with van der Waals surface area (Å²) >= 11 is 0. The summed E-state index contributed by atoms with van der Waals surface area (Å²) in [5, 5.41) is 0. The lowest BCUT2D eigenvalue weighted by Crippen LogP contribution is -2.45. The molecule has 0 bridgehead atoms. The van der Waals surface area contributed by atoms with Crippen molar-refractivity contribution in [1.29, 1.82) is 0 Å². The van der Waals surface area contributed by atoms with Crippen LogP contribution in [0.3, 0.4) is 0 Å². The molecule has 126 valence electrons. The summed E-state index contributed by atoms with van der Waals surface area (Å²) in [4.78, 5) is 14.1. The maximum Gasteiger partial charge on any atom is 0.416 e. The minimum atomic E-state index is -4.35. The molecule has 3 rings (SSSR count). The monoisotopic (exact) mass is 329 g/mol. The van der Waals surface area contributed by atoms with Crippen LogP contribution in [0.4, 0.5) is 13.2 Å². The molecule has 2 fully saturated rings. The minimum absolute atomic E-state index is 0.0442. The highest BCUT2D eigenvalue weighted by Gasteiger charge is 2.33. The molecular weight excluding hydrogens is 311 g/mol. The number of hydrogen-bond donors (Lipinski definition) is 0. The summed E-state index contributed by atoms with van der Waals surface area (Å²) in [6, 6.07) is 4.93. The van der Waals surface area contributed by atoms with Gasteiger partial charge >= 0.3 is 6.18 Å². The van der Waals surface area contributed by atoms with E-state index in [4.69, 9.17) is 9.47 Å². The van der Waals surface area contributed by atoms with Crippen LogP contribution >= 0.6 is 0 Å². The van der Waals surface area contributed by atoms with E-state index in [2.05, 4.69) is 0 Å². The van der Waals surface area contributed by atoms with E-state index in [1.165, 1.54) is 12.1 Å². The summed E-state index contributed by atoms with van der Waals surface area (Å²) in [6.07, 6.45) is -4.02. The topological polar surface area (TPSA) is 38.8 Å². The molecule has 0 aromatic heterocycles. The van der Waals surface area contributed by atoms with Crippen LogP contribution in [0, 0.1) is 5.92 Å². The van der Waals surface area contributed by atoms with Gasteiger partial charge in [-0.25, -0.2) is 0 Å². The summed E-state index contributed by atoms with van der Waals surface area (Å²) in [6.45, 7) is 2.29. The molecule has 2 aliphatic heterocycles. The molecule has 0 N–H and O–H groups in total. The number of ether oxygens (including phenoxy) is 2. The fourth-order valence-electron chi connectivity index (χ4n) is 2.93. The highest BCUT2D eigenvalue weighted by Crippen LogP contribution is 2.31. The van der Waals surface area contributed by atoms with Gasteiger partial charge < -0.3 is 14.4 Å². The first kappa shape index (κ1) is 16.3. The number of carbonyl (C=O) groups excluding carboxylic acids is 1. The van der Waals surface area contributed by atoms with Crippen molar-refractivity contribution < 1.29 is 27.4 Å². The number of nitrogens with zero attached hydrogens (tertiary/aromatic N) is 1. The van der Waals surface area contributed by atoms with Gasteiger partial charge in [-0.15, -0.1) is 0 Å². The molecule has 2 aliphatic rings. The van der Waals surface area contributed by atoms with Gasteiger partial charge in [0, 0.05) is 13.2 Å². The van der Waals surface area contributed by atoms with E-state index < -0.39 is 17.8 Å². The molecule has 1 amide bonds. The van der Waals surface area contributed by atoms with Crippen molar-refractivity contribution in [1.82, 2.24) is 4.90 Å². The van der Waals surface area contributed by atoms with E-state index in [-0.39, 0.29) is 11.8 Å². The maximum atomic E-state index is 12.6. The quantitative estimate of drug-likeness (QED) is 0.837. The molecule has 0 aliphatic carbocycles. The van der Waals surface area contributed by atoms with Gasteiger partial charge in [0.15, 0.2) is 0 Å². The molecule has 1 aromatic rings. The van der Waals surface area contributed by atoms with Crippen LogP contribution in [0.15, 0.2) is 24.3 Å². The third kappa shape index (κ3) is 3.67. The smallest absolute Gasteiger partial charge is 0.381 e. The molecular formula is C16H18F3NO3. The average Bonchev–Trinajstić information content (AvgIpc) is 3.08. The van der Waals surface area contributed by atoms with Crippen molar-refractivity contribution in [3.8, 4) is 0 Å².